The fourth-order valence-electron chi connectivity index (χ4n) is 2.72. The summed E-state index contributed by atoms with van der Waals surface area (Å²) in [5.74, 6) is 0. The molecule has 2 rings (SSSR count). The monoisotopic (exact) mass is 370 g/mol. The minimum atomic E-state index is -1.63. The van der Waals surface area contributed by atoms with Gasteiger partial charge >= 0.3 is 0 Å². The summed E-state index contributed by atoms with van der Waals surface area (Å²) in [6.45, 7) is 1.93. The summed E-state index contributed by atoms with van der Waals surface area (Å²) in [4.78, 5) is 0. The molecule has 0 amide bonds. The van der Waals surface area contributed by atoms with Crippen molar-refractivity contribution in [2.24, 2.45) is 0 Å². The first-order valence-electron chi connectivity index (χ1n) is 7.89. The third kappa shape index (κ3) is 4.28. The van der Waals surface area contributed by atoms with E-state index < -0.39 is 61.8 Å². The summed E-state index contributed by atoms with van der Waals surface area (Å²) in [5, 5.41) is 50.0. The molecular formula is C14H26O11. The van der Waals surface area contributed by atoms with Gasteiger partial charge in [-0.25, -0.2) is 0 Å². The Labute approximate surface area is 144 Å². The first-order valence-corrected chi connectivity index (χ1v) is 7.89. The molecule has 10 atom stereocenters. The SMILES string of the molecule is CCOC1O[C@H](OC)C(OC2O[C@H](OC)C(O)[C@H](O)C2O)[C@H](O)C1O. The quantitative estimate of drug-likeness (QED) is 0.322. The Morgan fingerprint density at radius 2 is 1.20 bits per heavy atom. The molecule has 2 fully saturated rings. The molecule has 0 aromatic rings. The number of ether oxygens (including phenoxy) is 6. The van der Waals surface area contributed by atoms with Gasteiger partial charge in [0.2, 0.25) is 0 Å². The number of aliphatic hydroxyl groups excluding tert-OH is 5. The second kappa shape index (κ2) is 8.97. The van der Waals surface area contributed by atoms with Gasteiger partial charge in [-0.15, -0.1) is 0 Å². The van der Waals surface area contributed by atoms with E-state index in [9.17, 15) is 25.5 Å². The van der Waals surface area contributed by atoms with Gasteiger partial charge in [0.15, 0.2) is 25.2 Å². The Hall–Kier alpha value is -0.440. The lowest BCUT2D eigenvalue weighted by Crippen LogP contribution is -2.64. The van der Waals surface area contributed by atoms with Crippen molar-refractivity contribution in [1.82, 2.24) is 0 Å². The number of rotatable bonds is 6. The molecule has 0 aromatic heterocycles. The average molecular weight is 370 g/mol. The van der Waals surface area contributed by atoms with Crippen LogP contribution in [-0.2, 0) is 28.4 Å². The predicted molar refractivity (Wildman–Crippen MR) is 77.9 cm³/mol. The lowest BCUT2D eigenvalue weighted by molar-refractivity contribution is -0.399. The number of hydrogen-bond donors (Lipinski definition) is 5. The number of aliphatic hydroxyl groups is 5. The standard InChI is InChI=1S/C14H26O11/c1-4-22-12-9(19)6(16)10(14(21-3)25-12)23-13-8(18)5(15)7(17)11(20-2)24-13/h5-19H,4H2,1-3H3/t5-,6+,7?,8?,9?,10?,11-,12?,13?,14-/m0/s1. The molecule has 2 heterocycles. The van der Waals surface area contributed by atoms with Crippen LogP contribution in [0, 0.1) is 0 Å². The highest BCUT2D eigenvalue weighted by molar-refractivity contribution is 4.90. The van der Waals surface area contributed by atoms with Crippen LogP contribution in [0.1, 0.15) is 6.92 Å². The highest BCUT2D eigenvalue weighted by Gasteiger charge is 2.51. The molecule has 2 aliphatic heterocycles. The van der Waals surface area contributed by atoms with Gasteiger partial charge in [-0.3, -0.25) is 0 Å². The van der Waals surface area contributed by atoms with Crippen LogP contribution in [0.4, 0.5) is 0 Å². The van der Waals surface area contributed by atoms with E-state index in [4.69, 9.17) is 28.4 Å². The maximum absolute atomic E-state index is 10.3. The summed E-state index contributed by atoms with van der Waals surface area (Å²) in [5.41, 5.74) is 0. The number of methoxy groups -OCH3 is 2. The molecule has 5 N–H and O–H groups in total. The molecule has 2 aliphatic rings. The Morgan fingerprint density at radius 1 is 0.680 bits per heavy atom. The van der Waals surface area contributed by atoms with Crippen molar-refractivity contribution in [3.8, 4) is 0 Å². The molecule has 0 spiro atoms. The largest absolute Gasteiger partial charge is 0.387 e. The molecule has 0 bridgehead atoms. The molecule has 0 aliphatic carbocycles. The van der Waals surface area contributed by atoms with Gasteiger partial charge in [-0.05, 0) is 6.92 Å². The Morgan fingerprint density at radius 3 is 1.76 bits per heavy atom. The van der Waals surface area contributed by atoms with Crippen molar-refractivity contribution in [2.75, 3.05) is 20.8 Å². The lowest BCUT2D eigenvalue weighted by atomic mass is 10.0. The molecule has 0 aromatic carbocycles. The molecule has 2 saturated heterocycles. The van der Waals surface area contributed by atoms with E-state index in [0.29, 0.717) is 0 Å². The van der Waals surface area contributed by atoms with Crippen LogP contribution in [0.3, 0.4) is 0 Å². The van der Waals surface area contributed by atoms with Gasteiger partial charge in [0, 0.05) is 20.8 Å². The van der Waals surface area contributed by atoms with Crippen LogP contribution in [0.25, 0.3) is 0 Å². The minimum absolute atomic E-state index is 0.237. The van der Waals surface area contributed by atoms with Crippen LogP contribution in [0.15, 0.2) is 0 Å². The molecule has 25 heavy (non-hydrogen) atoms. The highest BCUT2D eigenvalue weighted by atomic mass is 16.8. The van der Waals surface area contributed by atoms with Crippen molar-refractivity contribution in [1.29, 1.82) is 0 Å². The smallest absolute Gasteiger partial charge is 0.189 e. The van der Waals surface area contributed by atoms with Gasteiger partial charge < -0.3 is 54.0 Å². The third-order valence-electron chi connectivity index (χ3n) is 4.11. The molecule has 11 heteroatoms. The van der Waals surface area contributed by atoms with E-state index in [1.54, 1.807) is 6.92 Å². The van der Waals surface area contributed by atoms with Gasteiger partial charge in [0.05, 0.1) is 0 Å². The average Bonchev–Trinajstić information content (AvgIpc) is 2.61. The molecule has 6 unspecified atom stereocenters. The lowest BCUT2D eigenvalue weighted by Gasteiger charge is -2.45. The van der Waals surface area contributed by atoms with Gasteiger partial charge in [0.1, 0.15) is 36.6 Å². The zero-order valence-corrected chi connectivity index (χ0v) is 14.2. The van der Waals surface area contributed by atoms with Crippen molar-refractivity contribution in [2.45, 2.75) is 68.7 Å². The van der Waals surface area contributed by atoms with E-state index in [-0.39, 0.29) is 6.61 Å². The van der Waals surface area contributed by atoms with Crippen LogP contribution >= 0.6 is 0 Å². The summed E-state index contributed by atoms with van der Waals surface area (Å²) in [6, 6.07) is 0. The van der Waals surface area contributed by atoms with E-state index in [0.717, 1.165) is 0 Å². The number of hydrogen-bond acceptors (Lipinski definition) is 11. The summed E-state index contributed by atoms with van der Waals surface area (Å²) >= 11 is 0. The van der Waals surface area contributed by atoms with E-state index in [1.165, 1.54) is 14.2 Å². The first-order chi connectivity index (χ1) is 11.8. The van der Waals surface area contributed by atoms with Gasteiger partial charge in [0.25, 0.3) is 0 Å². The van der Waals surface area contributed by atoms with E-state index in [1.807, 2.05) is 0 Å². The van der Waals surface area contributed by atoms with Crippen molar-refractivity contribution >= 4 is 0 Å². The normalized spacial score (nSPS) is 48.5. The van der Waals surface area contributed by atoms with Crippen molar-refractivity contribution in [3.63, 3.8) is 0 Å². The van der Waals surface area contributed by atoms with Crippen LogP contribution in [0.2, 0.25) is 0 Å². The topological polar surface area (TPSA) is 157 Å². The predicted octanol–water partition coefficient (Wildman–Crippen LogP) is -3.13. The second-order valence-corrected chi connectivity index (χ2v) is 5.73. The Bertz CT molecular complexity index is 406. The maximum Gasteiger partial charge on any atom is 0.189 e. The fourth-order valence-corrected chi connectivity index (χ4v) is 2.72. The highest BCUT2D eigenvalue weighted by Crippen LogP contribution is 2.29. The molecule has 11 nitrogen and oxygen atoms in total. The molecule has 0 saturated carbocycles. The summed E-state index contributed by atoms with van der Waals surface area (Å²) in [7, 11) is 2.53. The van der Waals surface area contributed by atoms with Crippen molar-refractivity contribution in [3.05, 3.63) is 0 Å². The Balaban J connectivity index is 2.11. The zero-order valence-electron chi connectivity index (χ0n) is 14.2. The van der Waals surface area contributed by atoms with E-state index >= 15 is 0 Å². The molecule has 0 radical (unpaired) electrons. The minimum Gasteiger partial charge on any atom is -0.387 e. The van der Waals surface area contributed by atoms with Crippen LogP contribution in [-0.4, -0.2) is 108 Å². The van der Waals surface area contributed by atoms with Crippen LogP contribution < -0.4 is 0 Å². The third-order valence-corrected chi connectivity index (χ3v) is 4.11. The van der Waals surface area contributed by atoms with Gasteiger partial charge in [-0.1, -0.05) is 0 Å². The molecule has 148 valence electrons. The van der Waals surface area contributed by atoms with Crippen LogP contribution in [0.5, 0.6) is 0 Å². The fraction of sp³-hybridized carbons (Fsp3) is 1.00. The van der Waals surface area contributed by atoms with Crippen molar-refractivity contribution < 1.29 is 54.0 Å². The molecular weight excluding hydrogens is 344 g/mol. The van der Waals surface area contributed by atoms with E-state index in [2.05, 4.69) is 0 Å². The summed E-state index contributed by atoms with van der Waals surface area (Å²) in [6.07, 6.45) is -13.9. The maximum atomic E-state index is 10.3. The van der Waals surface area contributed by atoms with Gasteiger partial charge in [-0.2, -0.15) is 0 Å². The Kier molecular flexibility index (Phi) is 7.49. The first kappa shape index (κ1) is 20.9. The zero-order chi connectivity index (χ0) is 18.7. The second-order valence-electron chi connectivity index (χ2n) is 5.73. The summed E-state index contributed by atoms with van der Waals surface area (Å²) < 4.78 is 31.3.